The van der Waals surface area contributed by atoms with Crippen molar-refractivity contribution in [2.75, 3.05) is 13.2 Å². The largest absolute Gasteiger partial charge is 0.376 e. The van der Waals surface area contributed by atoms with E-state index in [1.165, 1.54) is 29.8 Å². The van der Waals surface area contributed by atoms with Gasteiger partial charge < -0.3 is 10.1 Å². The molecule has 0 radical (unpaired) electrons. The zero-order chi connectivity index (χ0) is 15.2. The molecule has 2 heterocycles. The predicted octanol–water partition coefficient (Wildman–Crippen LogP) is 3.25. The molecule has 2 rings (SSSR count). The molecule has 21 heavy (non-hydrogen) atoms. The lowest BCUT2D eigenvalue weighted by molar-refractivity contribution is 0.0931. The number of ether oxygens (including phenoxy) is 1. The van der Waals surface area contributed by atoms with E-state index in [0.29, 0.717) is 12.1 Å². The minimum Gasteiger partial charge on any atom is -0.376 e. The van der Waals surface area contributed by atoms with E-state index in [4.69, 9.17) is 9.84 Å². The molecule has 0 aromatic carbocycles. The molecule has 1 aromatic heterocycles. The third-order valence-corrected chi connectivity index (χ3v) is 4.38. The molecule has 1 aliphatic rings. The van der Waals surface area contributed by atoms with Crippen LogP contribution in [0.5, 0.6) is 0 Å². The van der Waals surface area contributed by atoms with E-state index in [-0.39, 0.29) is 0 Å². The van der Waals surface area contributed by atoms with Crippen molar-refractivity contribution in [3.05, 3.63) is 17.0 Å². The lowest BCUT2D eigenvalue weighted by Gasteiger charge is -2.17. The molecule has 2 unspecified atom stereocenters. The number of nitrogens with zero attached hydrogens (tertiary/aromatic N) is 2. The lowest BCUT2D eigenvalue weighted by Crippen LogP contribution is -2.22. The Kier molecular flexibility index (Phi) is 6.24. The highest BCUT2D eigenvalue weighted by atomic mass is 16.5. The first-order valence-corrected chi connectivity index (χ1v) is 8.64. The molecule has 1 aliphatic heterocycles. The first-order valence-electron chi connectivity index (χ1n) is 8.64. The van der Waals surface area contributed by atoms with E-state index in [1.807, 2.05) is 0 Å². The van der Waals surface area contributed by atoms with Gasteiger partial charge in [0.1, 0.15) is 0 Å². The normalized spacial score (nSPS) is 20.1. The first-order chi connectivity index (χ1) is 10.2. The molecule has 1 saturated heterocycles. The van der Waals surface area contributed by atoms with Crippen molar-refractivity contribution < 1.29 is 4.74 Å². The van der Waals surface area contributed by atoms with E-state index in [0.717, 1.165) is 39.0 Å². The molecule has 1 N–H and O–H groups in total. The summed E-state index contributed by atoms with van der Waals surface area (Å²) in [6, 6.07) is 0.382. The van der Waals surface area contributed by atoms with Gasteiger partial charge in [-0.05, 0) is 45.6 Å². The van der Waals surface area contributed by atoms with Crippen molar-refractivity contribution in [2.45, 2.75) is 78.5 Å². The molecular weight excluding hydrogens is 262 g/mol. The van der Waals surface area contributed by atoms with Gasteiger partial charge in [-0.25, -0.2) is 0 Å². The van der Waals surface area contributed by atoms with Crippen molar-refractivity contribution in [3.63, 3.8) is 0 Å². The standard InChI is InChI=1S/C17H31N3O/c1-5-10-18-13(4)17-15(6-2)19-20(16(17)7-3)12-14-9-8-11-21-14/h13-14,18H,5-12H2,1-4H3. The molecule has 1 fully saturated rings. The van der Waals surface area contributed by atoms with Crippen LogP contribution >= 0.6 is 0 Å². The quantitative estimate of drug-likeness (QED) is 0.799. The Morgan fingerprint density at radius 2 is 2.14 bits per heavy atom. The van der Waals surface area contributed by atoms with E-state index in [9.17, 15) is 0 Å². The topological polar surface area (TPSA) is 39.1 Å². The lowest BCUT2D eigenvalue weighted by atomic mass is 10.0. The highest BCUT2D eigenvalue weighted by molar-refractivity contribution is 5.30. The van der Waals surface area contributed by atoms with Crippen LogP contribution in [0.1, 0.15) is 70.0 Å². The van der Waals surface area contributed by atoms with Crippen molar-refractivity contribution in [2.24, 2.45) is 0 Å². The Hall–Kier alpha value is -0.870. The van der Waals surface area contributed by atoms with E-state index < -0.39 is 0 Å². The minimum atomic E-state index is 0.353. The van der Waals surface area contributed by atoms with Crippen LogP contribution < -0.4 is 5.32 Å². The van der Waals surface area contributed by atoms with Crippen molar-refractivity contribution in [3.8, 4) is 0 Å². The van der Waals surface area contributed by atoms with Crippen LogP contribution in [0.4, 0.5) is 0 Å². The van der Waals surface area contributed by atoms with Gasteiger partial charge in [-0.3, -0.25) is 4.68 Å². The summed E-state index contributed by atoms with van der Waals surface area (Å²) in [6.45, 7) is 11.8. The second-order valence-corrected chi connectivity index (χ2v) is 6.01. The summed E-state index contributed by atoms with van der Waals surface area (Å²) in [5.41, 5.74) is 4.06. The Labute approximate surface area is 129 Å². The molecule has 0 saturated carbocycles. The van der Waals surface area contributed by atoms with Gasteiger partial charge in [0.2, 0.25) is 0 Å². The van der Waals surface area contributed by atoms with Gasteiger partial charge >= 0.3 is 0 Å². The minimum absolute atomic E-state index is 0.353. The highest BCUT2D eigenvalue weighted by Crippen LogP contribution is 2.25. The van der Waals surface area contributed by atoms with Crippen LogP contribution in [0.2, 0.25) is 0 Å². The second-order valence-electron chi connectivity index (χ2n) is 6.01. The number of hydrogen-bond donors (Lipinski definition) is 1. The SMILES string of the molecule is CCCNC(C)c1c(CC)nn(CC2CCCO2)c1CC. The third kappa shape index (κ3) is 3.86. The number of hydrogen-bond acceptors (Lipinski definition) is 3. The van der Waals surface area contributed by atoms with E-state index >= 15 is 0 Å². The van der Waals surface area contributed by atoms with Crippen LogP contribution in [0.15, 0.2) is 0 Å². The number of aryl methyl sites for hydroxylation is 1. The Bertz CT molecular complexity index is 435. The summed E-state index contributed by atoms with van der Waals surface area (Å²) in [6.07, 6.45) is 5.91. The summed E-state index contributed by atoms with van der Waals surface area (Å²) in [5, 5.41) is 8.51. The van der Waals surface area contributed by atoms with Crippen LogP contribution in [0.3, 0.4) is 0 Å². The Morgan fingerprint density at radius 1 is 1.33 bits per heavy atom. The average molecular weight is 293 g/mol. The number of aromatic nitrogens is 2. The zero-order valence-electron chi connectivity index (χ0n) is 14.1. The van der Waals surface area contributed by atoms with Gasteiger partial charge in [-0.1, -0.05) is 20.8 Å². The summed E-state index contributed by atoms with van der Waals surface area (Å²) in [7, 11) is 0. The smallest absolute Gasteiger partial charge is 0.0771 e. The highest BCUT2D eigenvalue weighted by Gasteiger charge is 2.23. The van der Waals surface area contributed by atoms with Crippen molar-refractivity contribution in [1.82, 2.24) is 15.1 Å². The number of nitrogens with one attached hydrogen (secondary N) is 1. The maximum Gasteiger partial charge on any atom is 0.0771 e. The van der Waals surface area contributed by atoms with Crippen LogP contribution in [0.25, 0.3) is 0 Å². The van der Waals surface area contributed by atoms with Gasteiger partial charge in [-0.2, -0.15) is 5.10 Å². The molecule has 1 aromatic rings. The fraction of sp³-hybridized carbons (Fsp3) is 0.824. The van der Waals surface area contributed by atoms with Gasteiger partial charge in [0.15, 0.2) is 0 Å². The maximum atomic E-state index is 5.79. The monoisotopic (exact) mass is 293 g/mol. The molecular formula is C17H31N3O. The molecule has 4 nitrogen and oxygen atoms in total. The summed E-state index contributed by atoms with van der Waals surface area (Å²) in [5.74, 6) is 0. The maximum absolute atomic E-state index is 5.79. The van der Waals surface area contributed by atoms with E-state index in [1.54, 1.807) is 0 Å². The predicted molar refractivity (Wildman–Crippen MR) is 86.7 cm³/mol. The van der Waals surface area contributed by atoms with Gasteiger partial charge in [0.05, 0.1) is 18.3 Å². The van der Waals surface area contributed by atoms with Gasteiger partial charge in [-0.15, -0.1) is 0 Å². The molecule has 0 bridgehead atoms. The molecule has 2 atom stereocenters. The van der Waals surface area contributed by atoms with Crippen LogP contribution in [0, 0.1) is 0 Å². The Balaban J connectivity index is 2.22. The molecule has 0 spiro atoms. The zero-order valence-corrected chi connectivity index (χ0v) is 14.1. The average Bonchev–Trinajstić information content (AvgIpc) is 3.12. The summed E-state index contributed by atoms with van der Waals surface area (Å²) < 4.78 is 8.00. The van der Waals surface area contributed by atoms with Gasteiger partial charge in [0, 0.05) is 23.9 Å². The van der Waals surface area contributed by atoms with Crippen LogP contribution in [-0.4, -0.2) is 29.0 Å². The summed E-state index contributed by atoms with van der Waals surface area (Å²) in [4.78, 5) is 0. The molecule has 0 aliphatic carbocycles. The second kappa shape index (κ2) is 7.95. The molecule has 0 amide bonds. The number of rotatable bonds is 8. The molecule has 120 valence electrons. The third-order valence-electron chi connectivity index (χ3n) is 4.38. The van der Waals surface area contributed by atoms with Crippen molar-refractivity contribution >= 4 is 0 Å². The molecule has 4 heteroatoms. The van der Waals surface area contributed by atoms with E-state index in [2.05, 4.69) is 37.7 Å². The Morgan fingerprint density at radius 3 is 2.71 bits per heavy atom. The van der Waals surface area contributed by atoms with Crippen molar-refractivity contribution in [1.29, 1.82) is 0 Å². The fourth-order valence-electron chi connectivity index (χ4n) is 3.29. The fourth-order valence-corrected chi connectivity index (χ4v) is 3.29. The summed E-state index contributed by atoms with van der Waals surface area (Å²) >= 11 is 0. The first kappa shape index (κ1) is 16.5. The van der Waals surface area contributed by atoms with Gasteiger partial charge in [0.25, 0.3) is 0 Å². The van der Waals surface area contributed by atoms with Crippen LogP contribution in [-0.2, 0) is 24.1 Å².